The van der Waals surface area contributed by atoms with E-state index in [1.807, 2.05) is 0 Å². The molecule has 0 rings (SSSR count). The Morgan fingerprint density at radius 1 is 0.500 bits per heavy atom. The van der Waals surface area contributed by atoms with Gasteiger partial charge in [0.15, 0.2) is 0 Å². The molecule has 8 nitrogen and oxygen atoms in total. The summed E-state index contributed by atoms with van der Waals surface area (Å²) in [4.78, 5) is 26.8. The summed E-state index contributed by atoms with van der Waals surface area (Å²) in [5, 5.41) is 35.6. The van der Waals surface area contributed by atoms with Gasteiger partial charge in [0, 0.05) is 39.0 Å². The topological polar surface area (TPSA) is 122 Å². The molecule has 8 heteroatoms. The van der Waals surface area contributed by atoms with E-state index in [4.69, 9.17) is 20.4 Å². The van der Waals surface area contributed by atoms with Crippen molar-refractivity contribution in [2.24, 2.45) is 0 Å². The number of hydrogen-bond donors (Lipinski definition) is 4. The summed E-state index contributed by atoms with van der Waals surface area (Å²) in [6.45, 7) is 0.649. The van der Waals surface area contributed by atoms with Crippen LogP contribution in [0.4, 0.5) is 0 Å². The summed E-state index contributed by atoms with van der Waals surface area (Å²) in [6, 6.07) is 0. The Morgan fingerprint density at radius 3 is 1.04 bits per heavy atom. The lowest BCUT2D eigenvalue weighted by Crippen LogP contribution is -2.35. The molecule has 0 saturated carbocycles. The second kappa shape index (κ2) is 17.2. The number of rotatable bonds is 17. The van der Waals surface area contributed by atoms with E-state index in [1.54, 1.807) is 0 Å². The molecule has 0 radical (unpaired) electrons. The van der Waals surface area contributed by atoms with Crippen molar-refractivity contribution in [3.63, 3.8) is 0 Å². The van der Waals surface area contributed by atoms with Crippen LogP contribution in [0.25, 0.3) is 0 Å². The van der Waals surface area contributed by atoms with Gasteiger partial charge in [-0.2, -0.15) is 0 Å². The Morgan fingerprint density at radius 2 is 0.769 bits per heavy atom. The maximum atomic E-state index is 11.9. The van der Waals surface area contributed by atoms with Crippen molar-refractivity contribution in [2.45, 2.75) is 51.4 Å². The average molecular weight is 376 g/mol. The van der Waals surface area contributed by atoms with E-state index in [0.29, 0.717) is 12.8 Å². The Balaban J connectivity index is 3.71. The predicted octanol–water partition coefficient (Wildman–Crippen LogP) is -0.266. The zero-order valence-corrected chi connectivity index (χ0v) is 15.8. The van der Waals surface area contributed by atoms with E-state index < -0.39 is 0 Å². The van der Waals surface area contributed by atoms with Crippen molar-refractivity contribution in [3.8, 4) is 0 Å². The third kappa shape index (κ3) is 12.2. The lowest BCUT2D eigenvalue weighted by Gasteiger charge is -2.20. The summed E-state index contributed by atoms with van der Waals surface area (Å²) in [5.74, 6) is -0.0712. The maximum Gasteiger partial charge on any atom is 0.222 e. The summed E-state index contributed by atoms with van der Waals surface area (Å²) >= 11 is 0. The second-order valence-corrected chi connectivity index (χ2v) is 6.28. The molecule has 0 aliphatic rings. The average Bonchev–Trinajstić information content (AvgIpc) is 2.63. The molecule has 0 aliphatic carbocycles. The van der Waals surface area contributed by atoms with Gasteiger partial charge in [-0.1, -0.05) is 25.7 Å². The molecule has 0 heterocycles. The molecule has 0 unspecified atom stereocenters. The number of carbonyl (C=O) groups excluding carboxylic acids is 2. The lowest BCUT2D eigenvalue weighted by molar-refractivity contribution is -0.133. The van der Waals surface area contributed by atoms with Gasteiger partial charge in [0.2, 0.25) is 11.8 Å². The van der Waals surface area contributed by atoms with E-state index in [0.717, 1.165) is 38.5 Å². The van der Waals surface area contributed by atoms with Crippen molar-refractivity contribution in [2.75, 3.05) is 52.6 Å². The highest BCUT2D eigenvalue weighted by molar-refractivity contribution is 5.76. The van der Waals surface area contributed by atoms with Crippen LogP contribution >= 0.6 is 0 Å². The van der Waals surface area contributed by atoms with Gasteiger partial charge in [-0.15, -0.1) is 0 Å². The summed E-state index contributed by atoms with van der Waals surface area (Å²) in [5.41, 5.74) is 0. The summed E-state index contributed by atoms with van der Waals surface area (Å²) in [6.07, 6.45) is 6.29. The molecule has 0 saturated heterocycles. The van der Waals surface area contributed by atoms with Gasteiger partial charge >= 0.3 is 0 Å². The van der Waals surface area contributed by atoms with E-state index in [-0.39, 0.29) is 64.4 Å². The number of unbranched alkanes of at least 4 members (excludes halogenated alkanes) is 5. The largest absolute Gasteiger partial charge is 0.395 e. The molecule has 0 aromatic rings. The van der Waals surface area contributed by atoms with Gasteiger partial charge in [-0.3, -0.25) is 9.59 Å². The zero-order valence-electron chi connectivity index (χ0n) is 15.8. The molecule has 154 valence electrons. The van der Waals surface area contributed by atoms with Crippen molar-refractivity contribution in [3.05, 3.63) is 0 Å². The zero-order chi connectivity index (χ0) is 19.6. The van der Waals surface area contributed by atoms with Crippen LogP contribution < -0.4 is 0 Å². The first kappa shape index (κ1) is 24.8. The second-order valence-electron chi connectivity index (χ2n) is 6.28. The minimum atomic E-state index is -0.0987. The van der Waals surface area contributed by atoms with Crippen LogP contribution in [0.3, 0.4) is 0 Å². The fourth-order valence-electron chi connectivity index (χ4n) is 2.78. The van der Waals surface area contributed by atoms with Crippen LogP contribution in [-0.2, 0) is 9.59 Å². The molecule has 0 aliphatic heterocycles. The molecule has 0 spiro atoms. The highest BCUT2D eigenvalue weighted by atomic mass is 16.3. The van der Waals surface area contributed by atoms with E-state index in [2.05, 4.69) is 0 Å². The molecular weight excluding hydrogens is 340 g/mol. The first-order chi connectivity index (χ1) is 12.6. The van der Waals surface area contributed by atoms with E-state index in [9.17, 15) is 9.59 Å². The van der Waals surface area contributed by atoms with Crippen LogP contribution in [0.15, 0.2) is 0 Å². The quantitative estimate of drug-likeness (QED) is 0.259. The monoisotopic (exact) mass is 376 g/mol. The van der Waals surface area contributed by atoms with Crippen LogP contribution in [0.2, 0.25) is 0 Å². The number of aliphatic hydroxyl groups is 4. The molecule has 0 aromatic carbocycles. The first-order valence-corrected chi connectivity index (χ1v) is 9.59. The third-order valence-corrected chi connectivity index (χ3v) is 4.22. The van der Waals surface area contributed by atoms with Crippen LogP contribution in [0, 0.1) is 0 Å². The molecule has 4 N–H and O–H groups in total. The normalized spacial score (nSPS) is 10.8. The highest BCUT2D eigenvalue weighted by Crippen LogP contribution is 2.10. The SMILES string of the molecule is O=C(CCCCCCCCC(=O)N(CCO)CCO)N(CCO)CCO. The van der Waals surface area contributed by atoms with Gasteiger partial charge in [0.1, 0.15) is 0 Å². The summed E-state index contributed by atoms with van der Waals surface area (Å²) < 4.78 is 0. The molecule has 26 heavy (non-hydrogen) atoms. The maximum absolute atomic E-state index is 11.9. The number of nitrogens with zero attached hydrogens (tertiary/aromatic N) is 2. The van der Waals surface area contributed by atoms with Gasteiger partial charge in [0.05, 0.1) is 26.4 Å². The number of hydrogen-bond acceptors (Lipinski definition) is 6. The smallest absolute Gasteiger partial charge is 0.222 e. The van der Waals surface area contributed by atoms with Crippen molar-refractivity contribution < 1.29 is 30.0 Å². The molecular formula is C18H36N2O6. The van der Waals surface area contributed by atoms with Crippen LogP contribution in [-0.4, -0.2) is 94.6 Å². The Labute approximate surface area is 156 Å². The van der Waals surface area contributed by atoms with Crippen molar-refractivity contribution in [1.29, 1.82) is 0 Å². The molecule has 0 atom stereocenters. The van der Waals surface area contributed by atoms with Gasteiger partial charge in [-0.25, -0.2) is 0 Å². The fraction of sp³-hybridized carbons (Fsp3) is 0.889. The highest BCUT2D eigenvalue weighted by Gasteiger charge is 2.12. The minimum absolute atomic E-state index is 0.0356. The first-order valence-electron chi connectivity index (χ1n) is 9.59. The number of amides is 2. The third-order valence-electron chi connectivity index (χ3n) is 4.22. The Hall–Kier alpha value is -1.22. The number of carbonyl (C=O) groups is 2. The standard InChI is InChI=1S/C18H36N2O6/c21-13-9-19(10-14-22)17(25)7-5-3-1-2-4-6-8-18(26)20(11-15-23)12-16-24/h21-24H,1-16H2. The predicted molar refractivity (Wildman–Crippen MR) is 98.4 cm³/mol. The molecule has 0 fully saturated rings. The lowest BCUT2D eigenvalue weighted by atomic mass is 10.1. The van der Waals surface area contributed by atoms with E-state index >= 15 is 0 Å². The molecule has 0 aromatic heterocycles. The molecule has 0 bridgehead atoms. The summed E-state index contributed by atoms with van der Waals surface area (Å²) in [7, 11) is 0. The Bertz CT molecular complexity index is 322. The van der Waals surface area contributed by atoms with Crippen LogP contribution in [0.5, 0.6) is 0 Å². The van der Waals surface area contributed by atoms with Crippen molar-refractivity contribution >= 4 is 11.8 Å². The molecule has 2 amide bonds. The van der Waals surface area contributed by atoms with Crippen molar-refractivity contribution in [1.82, 2.24) is 9.80 Å². The van der Waals surface area contributed by atoms with Gasteiger partial charge in [-0.05, 0) is 12.8 Å². The van der Waals surface area contributed by atoms with Gasteiger partial charge < -0.3 is 30.2 Å². The van der Waals surface area contributed by atoms with E-state index in [1.165, 1.54) is 9.80 Å². The minimum Gasteiger partial charge on any atom is -0.395 e. The fourth-order valence-corrected chi connectivity index (χ4v) is 2.78. The number of aliphatic hydroxyl groups excluding tert-OH is 4. The van der Waals surface area contributed by atoms with Crippen LogP contribution in [0.1, 0.15) is 51.4 Å². The Kier molecular flexibility index (Phi) is 16.4. The van der Waals surface area contributed by atoms with Gasteiger partial charge in [0.25, 0.3) is 0 Å².